The van der Waals surface area contributed by atoms with E-state index < -0.39 is 44.5 Å². The third-order valence-electron chi connectivity index (χ3n) is 2.49. The quantitative estimate of drug-likeness (QED) is 0.169. The van der Waals surface area contributed by atoms with Gasteiger partial charge in [-0.1, -0.05) is 0 Å². The molecule has 0 aliphatic carbocycles. The van der Waals surface area contributed by atoms with Crippen molar-refractivity contribution in [2.75, 3.05) is 39.6 Å². The molecule has 0 unspecified atom stereocenters. The Bertz CT molecular complexity index is 560. The van der Waals surface area contributed by atoms with Crippen molar-refractivity contribution in [2.45, 2.75) is 30.3 Å². The summed E-state index contributed by atoms with van der Waals surface area (Å²) in [6.45, 7) is -1.25. The van der Waals surface area contributed by atoms with Crippen molar-refractivity contribution in [3.63, 3.8) is 0 Å². The van der Waals surface area contributed by atoms with Crippen LogP contribution in [-0.2, 0) is 38.1 Å². The van der Waals surface area contributed by atoms with E-state index in [2.05, 4.69) is 8.37 Å². The van der Waals surface area contributed by atoms with Crippen molar-refractivity contribution < 1.29 is 61.0 Å². The predicted molar refractivity (Wildman–Crippen MR) is 77.3 cm³/mol. The van der Waals surface area contributed by atoms with Crippen molar-refractivity contribution in [3.05, 3.63) is 0 Å². The van der Waals surface area contributed by atoms with Crippen LogP contribution in [-0.4, -0.2) is 67.5 Å². The van der Waals surface area contributed by atoms with E-state index >= 15 is 0 Å². The van der Waals surface area contributed by atoms with E-state index in [9.17, 15) is 43.2 Å². The van der Waals surface area contributed by atoms with Crippen molar-refractivity contribution in [1.29, 1.82) is 0 Å². The second-order valence-electron chi connectivity index (χ2n) is 4.73. The molecule has 0 fully saturated rings. The average Bonchev–Trinajstić information content (AvgIpc) is 2.49. The Kier molecular flexibility index (Phi) is 11.1. The Hall–Kier alpha value is -0.680. The molecule has 16 heteroatoms. The lowest BCUT2D eigenvalue weighted by Gasteiger charge is -2.09. The Morgan fingerprint density at radius 3 is 1.04 bits per heavy atom. The van der Waals surface area contributed by atoms with E-state index in [0.29, 0.717) is 6.42 Å². The zero-order valence-electron chi connectivity index (χ0n) is 13.7. The number of rotatable bonds is 14. The molecule has 0 aromatic carbocycles. The van der Waals surface area contributed by atoms with Crippen LogP contribution in [0.3, 0.4) is 0 Å². The fraction of sp³-hybridized carbons (Fsp3) is 1.00. The molecule has 0 saturated heterocycles. The Labute approximate surface area is 152 Å². The average molecular weight is 456 g/mol. The third-order valence-corrected chi connectivity index (χ3v) is 4.58. The summed E-state index contributed by atoms with van der Waals surface area (Å²) in [5, 5.41) is 0. The van der Waals surface area contributed by atoms with Crippen LogP contribution in [0.1, 0.15) is 19.3 Å². The van der Waals surface area contributed by atoms with Gasteiger partial charge in [0.2, 0.25) is 0 Å². The standard InChI is InChI=1S/C11H18F6O8S2/c12-10(13,14)26(18,19)24-8-2-6-22-4-1-5-23-7-3-9-25-27(20,21)11(15,16)17/h1-9H2. The molecule has 0 saturated carbocycles. The Morgan fingerprint density at radius 1 is 0.519 bits per heavy atom. The summed E-state index contributed by atoms with van der Waals surface area (Å²) in [6, 6.07) is 0. The van der Waals surface area contributed by atoms with Gasteiger partial charge in [-0.2, -0.15) is 43.2 Å². The van der Waals surface area contributed by atoms with Crippen LogP contribution in [0.15, 0.2) is 0 Å². The molecule has 0 atom stereocenters. The zero-order chi connectivity index (χ0) is 21.2. The molecule has 0 spiro atoms. The van der Waals surface area contributed by atoms with Gasteiger partial charge in [0.25, 0.3) is 0 Å². The van der Waals surface area contributed by atoms with Crippen molar-refractivity contribution >= 4 is 20.2 Å². The summed E-state index contributed by atoms with van der Waals surface area (Å²) in [5.74, 6) is 0. The Balaban J connectivity index is 3.52. The van der Waals surface area contributed by atoms with Crippen molar-refractivity contribution in [2.24, 2.45) is 0 Å². The maximum atomic E-state index is 11.9. The highest BCUT2D eigenvalue weighted by molar-refractivity contribution is 7.87. The maximum Gasteiger partial charge on any atom is 0.523 e. The minimum absolute atomic E-state index is 0.0590. The molecule has 0 aromatic heterocycles. The number of halogens is 6. The van der Waals surface area contributed by atoms with Gasteiger partial charge in [-0.05, 0) is 19.3 Å². The molecule has 0 aliphatic rings. The summed E-state index contributed by atoms with van der Waals surface area (Å²) in [4.78, 5) is 0. The first kappa shape index (κ1) is 26.3. The monoisotopic (exact) mass is 456 g/mol. The smallest absolute Gasteiger partial charge is 0.381 e. The highest BCUT2D eigenvalue weighted by Gasteiger charge is 2.47. The van der Waals surface area contributed by atoms with Gasteiger partial charge in [0.1, 0.15) is 0 Å². The van der Waals surface area contributed by atoms with E-state index in [1.165, 1.54) is 0 Å². The van der Waals surface area contributed by atoms with Gasteiger partial charge in [0.05, 0.1) is 13.2 Å². The normalized spacial score (nSPS) is 13.9. The molecule has 27 heavy (non-hydrogen) atoms. The number of hydrogen-bond donors (Lipinski definition) is 0. The molecule has 0 aromatic rings. The molecular weight excluding hydrogens is 438 g/mol. The summed E-state index contributed by atoms with van der Waals surface area (Å²) >= 11 is 0. The fourth-order valence-electron chi connectivity index (χ4n) is 1.26. The second kappa shape index (κ2) is 11.4. The summed E-state index contributed by atoms with van der Waals surface area (Å²) in [7, 11) is -11.2. The highest BCUT2D eigenvalue weighted by atomic mass is 32.2. The SMILES string of the molecule is O=S(=O)(OCCCOCCCOCCCOS(=O)(=O)C(F)(F)F)C(F)(F)F. The van der Waals surface area contributed by atoms with Gasteiger partial charge in [-0.3, -0.25) is 8.37 Å². The molecule has 0 amide bonds. The van der Waals surface area contributed by atoms with E-state index in [1.807, 2.05) is 0 Å². The summed E-state index contributed by atoms with van der Waals surface area (Å²) < 4.78 is 131. The molecule has 0 heterocycles. The van der Waals surface area contributed by atoms with Crippen LogP contribution in [0.5, 0.6) is 0 Å². The van der Waals surface area contributed by atoms with Gasteiger partial charge in [0.15, 0.2) is 0 Å². The first-order valence-corrected chi connectivity index (χ1v) is 10.1. The van der Waals surface area contributed by atoms with E-state index in [4.69, 9.17) is 9.47 Å². The first-order chi connectivity index (χ1) is 12.2. The van der Waals surface area contributed by atoms with E-state index in [0.717, 1.165) is 0 Å². The van der Waals surface area contributed by atoms with Gasteiger partial charge in [0, 0.05) is 26.4 Å². The maximum absolute atomic E-state index is 11.9. The van der Waals surface area contributed by atoms with Crippen LogP contribution in [0.4, 0.5) is 26.3 Å². The minimum Gasteiger partial charge on any atom is -0.381 e. The molecule has 0 N–H and O–H groups in total. The zero-order valence-corrected chi connectivity index (χ0v) is 15.3. The Morgan fingerprint density at radius 2 is 0.778 bits per heavy atom. The highest BCUT2D eigenvalue weighted by Crippen LogP contribution is 2.25. The van der Waals surface area contributed by atoms with Crippen LogP contribution in [0.25, 0.3) is 0 Å². The van der Waals surface area contributed by atoms with E-state index in [1.54, 1.807) is 0 Å². The van der Waals surface area contributed by atoms with Gasteiger partial charge in [-0.25, -0.2) is 0 Å². The lowest BCUT2D eigenvalue weighted by Crippen LogP contribution is -2.26. The van der Waals surface area contributed by atoms with Crippen LogP contribution in [0, 0.1) is 0 Å². The molecule has 0 radical (unpaired) electrons. The van der Waals surface area contributed by atoms with Crippen LogP contribution in [0.2, 0.25) is 0 Å². The second-order valence-corrected chi connectivity index (χ2v) is 7.94. The van der Waals surface area contributed by atoms with Crippen LogP contribution < -0.4 is 0 Å². The van der Waals surface area contributed by atoms with Gasteiger partial charge in [-0.15, -0.1) is 0 Å². The third kappa shape index (κ3) is 11.0. The lowest BCUT2D eigenvalue weighted by atomic mass is 10.4. The van der Waals surface area contributed by atoms with E-state index in [-0.39, 0.29) is 39.3 Å². The molecular formula is C11H18F6O8S2. The topological polar surface area (TPSA) is 105 Å². The van der Waals surface area contributed by atoms with Crippen molar-refractivity contribution in [1.82, 2.24) is 0 Å². The number of hydrogen-bond acceptors (Lipinski definition) is 8. The minimum atomic E-state index is -5.61. The predicted octanol–water partition coefficient (Wildman–Crippen LogP) is 1.92. The lowest BCUT2D eigenvalue weighted by molar-refractivity contribution is -0.0549. The van der Waals surface area contributed by atoms with Gasteiger partial charge < -0.3 is 9.47 Å². The fourth-order valence-corrected chi connectivity index (χ4v) is 2.20. The number of alkyl halides is 6. The summed E-state index contributed by atoms with van der Waals surface area (Å²) in [5.41, 5.74) is -11.0. The molecule has 0 bridgehead atoms. The largest absolute Gasteiger partial charge is 0.523 e. The first-order valence-electron chi connectivity index (χ1n) is 7.27. The summed E-state index contributed by atoms with van der Waals surface area (Å²) in [6.07, 6.45) is 0.145. The van der Waals surface area contributed by atoms with Gasteiger partial charge >= 0.3 is 31.3 Å². The molecule has 164 valence electrons. The van der Waals surface area contributed by atoms with Crippen molar-refractivity contribution in [3.8, 4) is 0 Å². The number of ether oxygens (including phenoxy) is 2. The molecule has 0 rings (SSSR count). The molecule has 0 aliphatic heterocycles. The van der Waals surface area contributed by atoms with Crippen LogP contribution >= 0.6 is 0 Å². The molecule has 8 nitrogen and oxygen atoms in total.